The number of fused-ring (bicyclic) bond motifs is 1. The van der Waals surface area contributed by atoms with Gasteiger partial charge in [0.1, 0.15) is 6.54 Å². The van der Waals surface area contributed by atoms with Crippen LogP contribution in [0.2, 0.25) is 0 Å². The molecule has 3 rings (SSSR count). The van der Waals surface area contributed by atoms with Crippen molar-refractivity contribution in [1.29, 1.82) is 0 Å². The van der Waals surface area contributed by atoms with E-state index < -0.39 is 0 Å². The molecule has 0 aromatic heterocycles. The topological polar surface area (TPSA) is 61.4 Å². The van der Waals surface area contributed by atoms with Gasteiger partial charge in [0.15, 0.2) is 0 Å². The molecule has 1 aromatic carbocycles. The number of amides is 2. The molecule has 88 valence electrons. The highest BCUT2D eigenvalue weighted by atomic mass is 16.2. The maximum atomic E-state index is 11.7. The zero-order valence-electron chi connectivity index (χ0n) is 9.32. The second kappa shape index (κ2) is 3.76. The van der Waals surface area contributed by atoms with Gasteiger partial charge in [-0.15, -0.1) is 0 Å². The fourth-order valence-electron chi connectivity index (χ4n) is 2.24. The molecule has 2 aliphatic heterocycles. The summed E-state index contributed by atoms with van der Waals surface area (Å²) in [5, 5.41) is 5.81. The molecule has 0 aliphatic carbocycles. The van der Waals surface area contributed by atoms with Gasteiger partial charge in [-0.05, 0) is 24.1 Å². The van der Waals surface area contributed by atoms with Crippen LogP contribution in [0.15, 0.2) is 18.2 Å². The molecule has 0 atom stereocenters. The Morgan fingerprint density at radius 3 is 2.94 bits per heavy atom. The predicted molar refractivity (Wildman–Crippen MR) is 64.0 cm³/mol. The smallest absolute Gasteiger partial charge is 0.246 e. The van der Waals surface area contributed by atoms with Gasteiger partial charge < -0.3 is 15.5 Å². The molecule has 0 spiro atoms. The summed E-state index contributed by atoms with van der Waals surface area (Å²) in [6.45, 7) is 1.13. The van der Waals surface area contributed by atoms with Crippen LogP contribution in [0.1, 0.15) is 5.56 Å². The number of carbonyl (C=O) groups is 2. The molecule has 5 nitrogen and oxygen atoms in total. The molecule has 17 heavy (non-hydrogen) atoms. The molecule has 2 heterocycles. The van der Waals surface area contributed by atoms with Gasteiger partial charge in [0.25, 0.3) is 0 Å². The Morgan fingerprint density at radius 1 is 1.18 bits per heavy atom. The first-order valence-corrected chi connectivity index (χ1v) is 5.68. The van der Waals surface area contributed by atoms with E-state index in [-0.39, 0.29) is 24.9 Å². The van der Waals surface area contributed by atoms with E-state index in [4.69, 9.17) is 0 Å². The van der Waals surface area contributed by atoms with E-state index in [2.05, 4.69) is 10.6 Å². The van der Waals surface area contributed by atoms with Crippen LogP contribution >= 0.6 is 0 Å². The maximum absolute atomic E-state index is 11.7. The van der Waals surface area contributed by atoms with Crippen LogP contribution in [-0.2, 0) is 16.0 Å². The molecule has 1 saturated heterocycles. The van der Waals surface area contributed by atoms with Crippen molar-refractivity contribution in [2.75, 3.05) is 29.9 Å². The number of nitrogens with one attached hydrogen (secondary N) is 2. The van der Waals surface area contributed by atoms with E-state index in [9.17, 15) is 9.59 Å². The van der Waals surface area contributed by atoms with Gasteiger partial charge in [0.2, 0.25) is 11.8 Å². The Kier molecular flexibility index (Phi) is 2.24. The van der Waals surface area contributed by atoms with Gasteiger partial charge >= 0.3 is 0 Å². The van der Waals surface area contributed by atoms with E-state index in [0.29, 0.717) is 0 Å². The highest BCUT2D eigenvalue weighted by Gasteiger charge is 2.25. The van der Waals surface area contributed by atoms with Crippen LogP contribution in [0.3, 0.4) is 0 Å². The predicted octanol–water partition coefficient (Wildman–Crippen LogP) is 0.117. The highest BCUT2D eigenvalue weighted by molar-refractivity contribution is 6.04. The molecule has 0 bridgehead atoms. The summed E-state index contributed by atoms with van der Waals surface area (Å²) in [7, 11) is 0. The van der Waals surface area contributed by atoms with E-state index in [1.54, 1.807) is 0 Å². The molecular formula is C12H13N3O2. The largest absolute Gasteiger partial charge is 0.384 e. The van der Waals surface area contributed by atoms with E-state index in [1.807, 2.05) is 18.2 Å². The molecule has 1 fully saturated rings. The number of nitrogens with zero attached hydrogens (tertiary/aromatic N) is 1. The number of anilines is 2. The summed E-state index contributed by atoms with van der Waals surface area (Å²) in [6.07, 6.45) is 1.02. The van der Waals surface area contributed by atoms with Gasteiger partial charge in [0.05, 0.1) is 6.54 Å². The third-order valence-corrected chi connectivity index (χ3v) is 3.15. The van der Waals surface area contributed by atoms with Gasteiger partial charge in [-0.3, -0.25) is 9.59 Å². The lowest BCUT2D eigenvalue weighted by Gasteiger charge is -2.27. The first-order valence-electron chi connectivity index (χ1n) is 5.68. The van der Waals surface area contributed by atoms with Crippen molar-refractivity contribution >= 4 is 23.2 Å². The number of hydrogen-bond acceptors (Lipinski definition) is 3. The zero-order chi connectivity index (χ0) is 11.8. The second-order valence-electron chi connectivity index (χ2n) is 4.27. The van der Waals surface area contributed by atoms with Gasteiger partial charge in [0, 0.05) is 17.9 Å². The van der Waals surface area contributed by atoms with Crippen molar-refractivity contribution < 1.29 is 9.59 Å². The van der Waals surface area contributed by atoms with Crippen molar-refractivity contribution in [2.24, 2.45) is 0 Å². The first-order chi connectivity index (χ1) is 8.24. The number of rotatable bonds is 1. The lowest BCUT2D eigenvalue weighted by atomic mass is 10.1. The molecule has 0 unspecified atom stereocenters. The minimum absolute atomic E-state index is 0.0671. The van der Waals surface area contributed by atoms with Crippen LogP contribution in [-0.4, -0.2) is 31.4 Å². The minimum atomic E-state index is -0.113. The van der Waals surface area contributed by atoms with E-state index in [0.717, 1.165) is 24.3 Å². The lowest BCUT2D eigenvalue weighted by Crippen LogP contribution is -2.51. The Hall–Kier alpha value is -2.04. The molecule has 1 aromatic rings. The standard InChI is InChI=1S/C12H13N3O2/c16-11-7-15(12(17)6-14-11)9-2-1-8-3-4-13-10(8)5-9/h1-2,5,13H,3-4,6-7H2,(H,14,16). The average Bonchev–Trinajstić information content (AvgIpc) is 2.79. The van der Waals surface area contributed by atoms with Crippen molar-refractivity contribution in [3.63, 3.8) is 0 Å². The monoisotopic (exact) mass is 231 g/mol. The molecule has 2 amide bonds. The van der Waals surface area contributed by atoms with Crippen LogP contribution < -0.4 is 15.5 Å². The molecule has 2 aliphatic rings. The van der Waals surface area contributed by atoms with Crippen LogP contribution in [0.4, 0.5) is 11.4 Å². The maximum Gasteiger partial charge on any atom is 0.246 e. The third-order valence-electron chi connectivity index (χ3n) is 3.15. The van der Waals surface area contributed by atoms with E-state index >= 15 is 0 Å². The van der Waals surface area contributed by atoms with Crippen LogP contribution in [0.25, 0.3) is 0 Å². The zero-order valence-corrected chi connectivity index (χ0v) is 9.32. The highest BCUT2D eigenvalue weighted by Crippen LogP contribution is 2.28. The van der Waals surface area contributed by atoms with E-state index in [1.165, 1.54) is 10.5 Å². The Bertz CT molecular complexity index is 499. The minimum Gasteiger partial charge on any atom is -0.384 e. The molecule has 0 radical (unpaired) electrons. The van der Waals surface area contributed by atoms with Crippen molar-refractivity contribution in [3.05, 3.63) is 23.8 Å². The normalized spacial score (nSPS) is 18.7. The number of benzene rings is 1. The van der Waals surface area contributed by atoms with Crippen molar-refractivity contribution in [1.82, 2.24) is 5.32 Å². The summed E-state index contributed by atoms with van der Waals surface area (Å²) in [4.78, 5) is 24.6. The van der Waals surface area contributed by atoms with Crippen LogP contribution in [0, 0.1) is 0 Å². The second-order valence-corrected chi connectivity index (χ2v) is 4.27. The van der Waals surface area contributed by atoms with Gasteiger partial charge in [-0.25, -0.2) is 0 Å². The van der Waals surface area contributed by atoms with Crippen LogP contribution in [0.5, 0.6) is 0 Å². The summed E-state index contributed by atoms with van der Waals surface area (Å²) in [5.74, 6) is -0.180. The molecular weight excluding hydrogens is 218 g/mol. The Balaban J connectivity index is 1.92. The number of piperazine rings is 1. The quantitative estimate of drug-likeness (QED) is 0.721. The summed E-state index contributed by atoms with van der Waals surface area (Å²) >= 11 is 0. The SMILES string of the molecule is O=C1CN(c2ccc3c(c2)NCC3)C(=O)CN1. The Morgan fingerprint density at radius 2 is 2.06 bits per heavy atom. The average molecular weight is 231 g/mol. The molecule has 2 N–H and O–H groups in total. The fourth-order valence-corrected chi connectivity index (χ4v) is 2.24. The first kappa shape index (κ1) is 10.1. The van der Waals surface area contributed by atoms with Crippen molar-refractivity contribution in [3.8, 4) is 0 Å². The van der Waals surface area contributed by atoms with Crippen molar-refractivity contribution in [2.45, 2.75) is 6.42 Å². The number of carbonyl (C=O) groups excluding carboxylic acids is 2. The summed E-state index contributed by atoms with van der Waals surface area (Å²) in [6, 6.07) is 5.87. The fraction of sp³-hybridized carbons (Fsp3) is 0.333. The molecule has 0 saturated carbocycles. The summed E-state index contributed by atoms with van der Waals surface area (Å²) in [5.41, 5.74) is 3.13. The number of hydrogen-bond donors (Lipinski definition) is 2. The van der Waals surface area contributed by atoms with Gasteiger partial charge in [-0.1, -0.05) is 6.07 Å². The third kappa shape index (κ3) is 1.73. The lowest BCUT2D eigenvalue weighted by molar-refractivity contribution is -0.128. The summed E-state index contributed by atoms with van der Waals surface area (Å²) < 4.78 is 0. The molecule has 5 heteroatoms. The van der Waals surface area contributed by atoms with Gasteiger partial charge in [-0.2, -0.15) is 0 Å². The Labute approximate surface area is 98.8 Å².